The summed E-state index contributed by atoms with van der Waals surface area (Å²) in [5, 5.41) is 12.5. The molecule has 2 aromatic rings. The van der Waals surface area contributed by atoms with E-state index >= 15 is 0 Å². The second-order valence-corrected chi connectivity index (χ2v) is 4.37. The third kappa shape index (κ3) is 6.71. The molecule has 80 valence electrons. The van der Waals surface area contributed by atoms with Crippen molar-refractivity contribution in [3.63, 3.8) is 0 Å². The second-order valence-electron chi connectivity index (χ2n) is 4.37. The van der Waals surface area contributed by atoms with Crippen molar-refractivity contribution in [1.29, 1.82) is 0 Å². The third-order valence-corrected chi connectivity index (χ3v) is 1.57. The summed E-state index contributed by atoms with van der Waals surface area (Å²) in [6, 6.07) is 17.4. The van der Waals surface area contributed by atoms with E-state index in [9.17, 15) is 5.11 Å². The van der Waals surface area contributed by atoms with Crippen LogP contribution < -0.4 is 5.11 Å². The van der Waals surface area contributed by atoms with Gasteiger partial charge in [-0.2, -0.15) is 0 Å². The summed E-state index contributed by atoms with van der Waals surface area (Å²) >= 11 is 0. The topological polar surface area (TPSA) is 23.1 Å². The summed E-state index contributed by atoms with van der Waals surface area (Å²) < 4.78 is 0. The average Bonchev–Trinajstić information content (AvgIpc) is 2.16. The maximum absolute atomic E-state index is 10.1. The summed E-state index contributed by atoms with van der Waals surface area (Å²) in [7, 11) is 0. The first-order valence-electron chi connectivity index (χ1n) is 5.03. The number of hydrogen-bond acceptors (Lipinski definition) is 1. The molecular formula is C14H16OZn. The van der Waals surface area contributed by atoms with Crippen LogP contribution in [0.3, 0.4) is 0 Å². The van der Waals surface area contributed by atoms with Crippen LogP contribution >= 0.6 is 0 Å². The summed E-state index contributed by atoms with van der Waals surface area (Å²) in [5.74, 6) is 0. The van der Waals surface area contributed by atoms with E-state index in [1.54, 1.807) is 20.8 Å². The predicted molar refractivity (Wildman–Crippen MR) is 62.5 cm³/mol. The van der Waals surface area contributed by atoms with Crippen molar-refractivity contribution in [1.82, 2.24) is 0 Å². The van der Waals surface area contributed by atoms with Crippen molar-refractivity contribution in [2.45, 2.75) is 26.4 Å². The maximum atomic E-state index is 10.1. The van der Waals surface area contributed by atoms with E-state index in [0.29, 0.717) is 0 Å². The molecule has 2 rings (SSSR count). The van der Waals surface area contributed by atoms with Crippen molar-refractivity contribution in [3.05, 3.63) is 48.5 Å². The first-order chi connectivity index (χ1) is 6.97. The molecule has 2 aromatic carbocycles. The molecule has 0 aliphatic carbocycles. The Bertz CT molecular complexity index is 347. The normalized spacial score (nSPS) is 10.0. The molecule has 16 heavy (non-hydrogen) atoms. The van der Waals surface area contributed by atoms with Gasteiger partial charge < -0.3 is 5.11 Å². The van der Waals surface area contributed by atoms with E-state index in [2.05, 4.69) is 24.3 Å². The fraction of sp³-hybridized carbons (Fsp3) is 0.286. The van der Waals surface area contributed by atoms with Crippen molar-refractivity contribution in [3.8, 4) is 0 Å². The molecule has 0 aromatic heterocycles. The van der Waals surface area contributed by atoms with Crippen LogP contribution in [0, 0.1) is 6.07 Å². The van der Waals surface area contributed by atoms with Gasteiger partial charge in [0.1, 0.15) is 0 Å². The van der Waals surface area contributed by atoms with Crippen LogP contribution in [0.1, 0.15) is 20.8 Å². The summed E-state index contributed by atoms with van der Waals surface area (Å²) in [4.78, 5) is 0. The molecule has 0 unspecified atom stereocenters. The first kappa shape index (κ1) is 15.3. The van der Waals surface area contributed by atoms with E-state index in [1.807, 2.05) is 24.3 Å². The second kappa shape index (κ2) is 6.78. The van der Waals surface area contributed by atoms with Gasteiger partial charge in [0.25, 0.3) is 0 Å². The Labute approximate surface area is 110 Å². The molecule has 0 bridgehead atoms. The SMILES string of the molecule is CC(C)(C)[O-].[Zn+2].[c-]1cccc2ccccc12. The van der Waals surface area contributed by atoms with Crippen LogP contribution in [-0.4, -0.2) is 5.60 Å². The minimum Gasteiger partial charge on any atom is -0.850 e. The van der Waals surface area contributed by atoms with Gasteiger partial charge in [0.15, 0.2) is 0 Å². The van der Waals surface area contributed by atoms with Crippen LogP contribution in [0.5, 0.6) is 0 Å². The monoisotopic (exact) mass is 264 g/mol. The van der Waals surface area contributed by atoms with Crippen molar-refractivity contribution < 1.29 is 24.6 Å². The Morgan fingerprint density at radius 2 is 1.50 bits per heavy atom. The number of benzene rings is 2. The van der Waals surface area contributed by atoms with E-state index in [0.717, 1.165) is 0 Å². The van der Waals surface area contributed by atoms with Crippen molar-refractivity contribution in [2.24, 2.45) is 0 Å². The summed E-state index contributed by atoms with van der Waals surface area (Å²) in [5.41, 5.74) is -0.750. The van der Waals surface area contributed by atoms with E-state index in [1.165, 1.54) is 10.8 Å². The molecule has 0 aliphatic rings. The molecular weight excluding hydrogens is 250 g/mol. The fourth-order valence-electron chi connectivity index (χ4n) is 1.06. The van der Waals surface area contributed by atoms with Gasteiger partial charge >= 0.3 is 19.5 Å². The summed E-state index contributed by atoms with van der Waals surface area (Å²) in [6.07, 6.45) is 0. The van der Waals surface area contributed by atoms with Crippen LogP contribution in [0.2, 0.25) is 0 Å². The van der Waals surface area contributed by atoms with E-state index in [4.69, 9.17) is 0 Å². The number of rotatable bonds is 0. The molecule has 0 N–H and O–H groups in total. The molecule has 0 aliphatic heterocycles. The first-order valence-corrected chi connectivity index (χ1v) is 5.03. The van der Waals surface area contributed by atoms with Gasteiger partial charge in [-0.25, -0.2) is 0 Å². The van der Waals surface area contributed by atoms with Gasteiger partial charge in [-0.15, -0.1) is 52.8 Å². The number of fused-ring (bicyclic) bond motifs is 1. The third-order valence-electron chi connectivity index (χ3n) is 1.57. The zero-order valence-electron chi connectivity index (χ0n) is 10.2. The standard InChI is InChI=1S/C10H7.C4H9O.Zn/c1-2-6-10-8-4-3-7-9(10)5-1;1-4(2,3)5;/h1-7H;1-3H3;/q2*-1;+2. The van der Waals surface area contributed by atoms with Gasteiger partial charge in [-0.3, -0.25) is 0 Å². The average molecular weight is 266 g/mol. The molecule has 2 heteroatoms. The van der Waals surface area contributed by atoms with Gasteiger partial charge in [-0.1, -0.05) is 32.9 Å². The minimum absolute atomic E-state index is 0. The molecule has 0 spiro atoms. The molecule has 0 radical (unpaired) electrons. The van der Waals surface area contributed by atoms with Crippen molar-refractivity contribution in [2.75, 3.05) is 0 Å². The zero-order chi connectivity index (χ0) is 11.3. The molecule has 0 heterocycles. The van der Waals surface area contributed by atoms with Crippen LogP contribution in [0.15, 0.2) is 42.5 Å². The van der Waals surface area contributed by atoms with Crippen LogP contribution in [-0.2, 0) is 19.5 Å². The van der Waals surface area contributed by atoms with Gasteiger partial charge in [0, 0.05) is 0 Å². The van der Waals surface area contributed by atoms with E-state index < -0.39 is 5.60 Å². The minimum atomic E-state index is -0.750. The largest absolute Gasteiger partial charge is 2.00 e. The molecule has 0 amide bonds. The Morgan fingerprint density at radius 1 is 1.00 bits per heavy atom. The fourth-order valence-corrected chi connectivity index (χ4v) is 1.06. The summed E-state index contributed by atoms with van der Waals surface area (Å²) in [6.45, 7) is 4.90. The Balaban J connectivity index is 0.000000330. The van der Waals surface area contributed by atoms with Crippen molar-refractivity contribution >= 4 is 10.8 Å². The molecule has 0 fully saturated rings. The molecule has 1 nitrogen and oxygen atoms in total. The van der Waals surface area contributed by atoms with Crippen LogP contribution in [0.4, 0.5) is 0 Å². The molecule has 0 saturated carbocycles. The Hall–Kier alpha value is -0.717. The Morgan fingerprint density at radius 3 is 2.06 bits per heavy atom. The van der Waals surface area contributed by atoms with Gasteiger partial charge in [0.2, 0.25) is 0 Å². The molecule has 0 atom stereocenters. The quantitative estimate of drug-likeness (QED) is 0.531. The smallest absolute Gasteiger partial charge is 0.850 e. The number of hydrogen-bond donors (Lipinski definition) is 0. The molecule has 0 saturated heterocycles. The van der Waals surface area contributed by atoms with Crippen LogP contribution in [0.25, 0.3) is 10.8 Å². The van der Waals surface area contributed by atoms with Gasteiger partial charge in [-0.05, 0) is 0 Å². The predicted octanol–water partition coefficient (Wildman–Crippen LogP) is 2.78. The Kier molecular flexibility index (Phi) is 6.47. The maximum Gasteiger partial charge on any atom is 2.00 e. The zero-order valence-corrected chi connectivity index (χ0v) is 13.1. The van der Waals surface area contributed by atoms with Gasteiger partial charge in [0.05, 0.1) is 0 Å². The van der Waals surface area contributed by atoms with E-state index in [-0.39, 0.29) is 19.5 Å².